The molecule has 0 spiro atoms. The van der Waals surface area contributed by atoms with E-state index in [4.69, 9.17) is 4.74 Å². The van der Waals surface area contributed by atoms with Gasteiger partial charge in [0.2, 0.25) is 0 Å². The number of likely N-dealkylation sites (tertiary alicyclic amines) is 1. The number of aromatic nitrogens is 4. The third-order valence-corrected chi connectivity index (χ3v) is 3.58. The summed E-state index contributed by atoms with van der Waals surface area (Å²) in [6.07, 6.45) is 4.60. The monoisotopic (exact) mass is 290 g/mol. The Bertz CT molecular complexity index is 620. The van der Waals surface area contributed by atoms with Crippen molar-refractivity contribution >= 4 is 23.1 Å². The van der Waals surface area contributed by atoms with Crippen LogP contribution in [0.1, 0.15) is 19.8 Å². The molecule has 112 valence electrons. The van der Waals surface area contributed by atoms with E-state index in [2.05, 4.69) is 25.3 Å². The van der Waals surface area contributed by atoms with Crippen molar-refractivity contribution in [3.05, 3.63) is 12.7 Å². The van der Waals surface area contributed by atoms with E-state index < -0.39 is 0 Å². The Labute approximate surface area is 121 Å². The average Bonchev–Trinajstić information content (AvgIpc) is 2.98. The van der Waals surface area contributed by atoms with Crippen LogP contribution < -0.4 is 5.32 Å². The second-order valence-electron chi connectivity index (χ2n) is 4.93. The standard InChI is InChI=1S/C13H18N6O2/c1-2-21-13(20)19-5-3-9(4-6-19)18-12-10-11(15-7-14-10)16-8-17-12/h7-9H,2-6H2,1H3,(H2,14,15,16,17,18). The molecule has 1 fully saturated rings. The van der Waals surface area contributed by atoms with Gasteiger partial charge in [0.05, 0.1) is 12.9 Å². The van der Waals surface area contributed by atoms with E-state index in [0.717, 1.165) is 24.2 Å². The number of ether oxygens (including phenoxy) is 1. The lowest BCUT2D eigenvalue weighted by molar-refractivity contribution is 0.0983. The van der Waals surface area contributed by atoms with Gasteiger partial charge in [0, 0.05) is 19.1 Å². The fraction of sp³-hybridized carbons (Fsp3) is 0.538. The van der Waals surface area contributed by atoms with E-state index in [1.54, 1.807) is 11.2 Å². The van der Waals surface area contributed by atoms with Gasteiger partial charge < -0.3 is 19.9 Å². The molecule has 8 nitrogen and oxygen atoms in total. The van der Waals surface area contributed by atoms with Gasteiger partial charge in [0.25, 0.3) is 0 Å². The number of imidazole rings is 1. The molecular weight excluding hydrogens is 272 g/mol. The molecule has 0 aromatic carbocycles. The van der Waals surface area contributed by atoms with E-state index in [1.807, 2.05) is 6.92 Å². The number of carbonyl (C=O) groups is 1. The minimum Gasteiger partial charge on any atom is -0.450 e. The molecule has 0 aliphatic carbocycles. The average molecular weight is 290 g/mol. The Kier molecular flexibility index (Phi) is 3.85. The molecular formula is C13H18N6O2. The third-order valence-electron chi connectivity index (χ3n) is 3.58. The molecule has 21 heavy (non-hydrogen) atoms. The molecule has 0 saturated carbocycles. The first-order valence-corrected chi connectivity index (χ1v) is 7.10. The molecule has 1 amide bonds. The second-order valence-corrected chi connectivity index (χ2v) is 4.93. The lowest BCUT2D eigenvalue weighted by atomic mass is 10.1. The highest BCUT2D eigenvalue weighted by Gasteiger charge is 2.24. The minimum atomic E-state index is -0.228. The van der Waals surface area contributed by atoms with Crippen molar-refractivity contribution in [2.75, 3.05) is 25.0 Å². The second kappa shape index (κ2) is 5.94. The summed E-state index contributed by atoms with van der Waals surface area (Å²) in [5.41, 5.74) is 1.46. The number of carbonyl (C=O) groups excluding carboxylic acids is 1. The largest absolute Gasteiger partial charge is 0.450 e. The number of hydrogen-bond acceptors (Lipinski definition) is 6. The highest BCUT2D eigenvalue weighted by atomic mass is 16.6. The van der Waals surface area contributed by atoms with Crippen LogP contribution in [0, 0.1) is 0 Å². The van der Waals surface area contributed by atoms with Crippen molar-refractivity contribution in [2.24, 2.45) is 0 Å². The van der Waals surface area contributed by atoms with Gasteiger partial charge in [-0.15, -0.1) is 0 Å². The van der Waals surface area contributed by atoms with E-state index in [9.17, 15) is 4.79 Å². The Morgan fingerprint density at radius 3 is 3.00 bits per heavy atom. The molecule has 0 bridgehead atoms. The van der Waals surface area contributed by atoms with Crippen LogP contribution in [-0.2, 0) is 4.74 Å². The van der Waals surface area contributed by atoms with Gasteiger partial charge in [-0.05, 0) is 19.8 Å². The number of fused-ring (bicyclic) bond motifs is 1. The van der Waals surface area contributed by atoms with E-state index in [0.29, 0.717) is 25.3 Å². The van der Waals surface area contributed by atoms with Crippen LogP contribution in [0.15, 0.2) is 12.7 Å². The van der Waals surface area contributed by atoms with Crippen LogP contribution >= 0.6 is 0 Å². The number of H-pyrrole nitrogens is 1. The van der Waals surface area contributed by atoms with Crippen LogP contribution in [0.2, 0.25) is 0 Å². The number of amides is 1. The number of nitrogens with one attached hydrogen (secondary N) is 2. The first kappa shape index (κ1) is 13.6. The maximum atomic E-state index is 11.7. The summed E-state index contributed by atoms with van der Waals surface area (Å²) in [4.78, 5) is 28.9. The third kappa shape index (κ3) is 2.88. The minimum absolute atomic E-state index is 0.228. The topological polar surface area (TPSA) is 96.0 Å². The van der Waals surface area contributed by atoms with Crippen LogP contribution in [-0.4, -0.2) is 56.7 Å². The Morgan fingerprint density at radius 2 is 2.24 bits per heavy atom. The molecule has 1 saturated heterocycles. The lowest BCUT2D eigenvalue weighted by Gasteiger charge is -2.31. The number of piperidine rings is 1. The van der Waals surface area contributed by atoms with Crippen molar-refractivity contribution in [1.82, 2.24) is 24.8 Å². The van der Waals surface area contributed by atoms with Gasteiger partial charge in [-0.1, -0.05) is 0 Å². The molecule has 2 aromatic heterocycles. The predicted octanol–water partition coefficient (Wildman–Crippen LogP) is 1.39. The molecule has 1 aliphatic rings. The number of anilines is 1. The van der Waals surface area contributed by atoms with E-state index in [-0.39, 0.29) is 12.1 Å². The van der Waals surface area contributed by atoms with E-state index >= 15 is 0 Å². The maximum absolute atomic E-state index is 11.7. The normalized spacial score (nSPS) is 16.1. The number of hydrogen-bond donors (Lipinski definition) is 2. The molecule has 0 unspecified atom stereocenters. The summed E-state index contributed by atoms with van der Waals surface area (Å²) >= 11 is 0. The fourth-order valence-electron chi connectivity index (χ4n) is 2.49. The van der Waals surface area contributed by atoms with E-state index in [1.165, 1.54) is 6.33 Å². The maximum Gasteiger partial charge on any atom is 0.409 e. The van der Waals surface area contributed by atoms with Crippen molar-refractivity contribution in [3.63, 3.8) is 0 Å². The summed E-state index contributed by atoms with van der Waals surface area (Å²) in [6, 6.07) is 0.275. The van der Waals surface area contributed by atoms with Crippen molar-refractivity contribution in [2.45, 2.75) is 25.8 Å². The Morgan fingerprint density at radius 1 is 1.43 bits per heavy atom. The van der Waals surface area contributed by atoms with Crippen LogP contribution in [0.4, 0.5) is 10.6 Å². The van der Waals surface area contributed by atoms with Gasteiger partial charge in [0.15, 0.2) is 11.5 Å². The summed E-state index contributed by atoms with van der Waals surface area (Å²) in [7, 11) is 0. The molecule has 8 heteroatoms. The fourth-order valence-corrected chi connectivity index (χ4v) is 2.49. The molecule has 1 aliphatic heterocycles. The molecule has 2 N–H and O–H groups in total. The van der Waals surface area contributed by atoms with Gasteiger partial charge in [0.1, 0.15) is 11.8 Å². The van der Waals surface area contributed by atoms with Gasteiger partial charge >= 0.3 is 6.09 Å². The van der Waals surface area contributed by atoms with Crippen LogP contribution in [0.25, 0.3) is 11.2 Å². The Balaban J connectivity index is 1.60. The van der Waals surface area contributed by atoms with Crippen molar-refractivity contribution in [1.29, 1.82) is 0 Å². The van der Waals surface area contributed by atoms with Crippen LogP contribution in [0.5, 0.6) is 0 Å². The van der Waals surface area contributed by atoms with Crippen molar-refractivity contribution < 1.29 is 9.53 Å². The summed E-state index contributed by atoms with van der Waals surface area (Å²) in [6.45, 7) is 3.61. The molecule has 0 radical (unpaired) electrons. The highest BCUT2D eigenvalue weighted by molar-refractivity contribution is 5.82. The first-order valence-electron chi connectivity index (χ1n) is 7.10. The molecule has 3 heterocycles. The van der Waals surface area contributed by atoms with Gasteiger partial charge in [-0.2, -0.15) is 0 Å². The summed E-state index contributed by atoms with van der Waals surface area (Å²) < 4.78 is 5.01. The molecule has 0 atom stereocenters. The smallest absolute Gasteiger partial charge is 0.409 e. The van der Waals surface area contributed by atoms with Gasteiger partial charge in [-0.3, -0.25) is 0 Å². The zero-order valence-electron chi connectivity index (χ0n) is 11.9. The molecule has 2 aromatic rings. The van der Waals surface area contributed by atoms with Crippen LogP contribution in [0.3, 0.4) is 0 Å². The quantitative estimate of drug-likeness (QED) is 0.886. The highest BCUT2D eigenvalue weighted by Crippen LogP contribution is 2.20. The zero-order valence-corrected chi connectivity index (χ0v) is 11.9. The number of aromatic amines is 1. The molecule has 3 rings (SSSR count). The van der Waals surface area contributed by atoms with Crippen molar-refractivity contribution in [3.8, 4) is 0 Å². The SMILES string of the molecule is CCOC(=O)N1CCC(Nc2ncnc3nc[nH]c23)CC1. The Hall–Kier alpha value is -2.38. The predicted molar refractivity (Wildman–Crippen MR) is 76.9 cm³/mol. The number of rotatable bonds is 3. The zero-order chi connectivity index (χ0) is 14.7. The summed E-state index contributed by atoms with van der Waals surface area (Å²) in [5, 5.41) is 3.40. The van der Waals surface area contributed by atoms with Gasteiger partial charge in [-0.25, -0.2) is 19.7 Å². The summed E-state index contributed by atoms with van der Waals surface area (Å²) in [5.74, 6) is 0.757. The lowest BCUT2D eigenvalue weighted by Crippen LogP contribution is -2.42. The number of nitrogens with zero attached hydrogens (tertiary/aromatic N) is 4. The first-order chi connectivity index (χ1) is 10.3.